The lowest BCUT2D eigenvalue weighted by atomic mass is 9.62. The van der Waals surface area contributed by atoms with Crippen molar-refractivity contribution in [3.05, 3.63) is 12.2 Å². The Kier molecular flexibility index (Phi) is 2.89. The molecule has 0 heterocycles. The van der Waals surface area contributed by atoms with E-state index >= 15 is 0 Å². The second kappa shape index (κ2) is 3.04. The number of ketones is 1. The maximum absolute atomic E-state index is 11.5. The highest BCUT2D eigenvalue weighted by Gasteiger charge is 2.42. The molecule has 0 aliphatic carbocycles. The van der Waals surface area contributed by atoms with Crippen molar-refractivity contribution in [3.63, 3.8) is 0 Å². The molecule has 0 aromatic rings. The van der Waals surface area contributed by atoms with Crippen LogP contribution in [0, 0.1) is 10.8 Å². The Labute approximate surface area is 75.9 Å². The molecule has 0 bridgehead atoms. The molecule has 0 aromatic heterocycles. The molecular formula is C11H20O. The summed E-state index contributed by atoms with van der Waals surface area (Å²) in [7, 11) is 0. The topological polar surface area (TPSA) is 17.1 Å². The Bertz CT molecular complexity index is 192. The highest BCUT2D eigenvalue weighted by atomic mass is 16.1. The minimum atomic E-state index is -0.396. The zero-order valence-electron chi connectivity index (χ0n) is 9.12. The Hall–Kier alpha value is -0.590. The van der Waals surface area contributed by atoms with E-state index in [4.69, 9.17) is 0 Å². The van der Waals surface area contributed by atoms with Crippen molar-refractivity contribution in [2.75, 3.05) is 0 Å². The number of carbonyl (C=O) groups is 1. The summed E-state index contributed by atoms with van der Waals surface area (Å²) in [5.74, 6) is 0.197. The van der Waals surface area contributed by atoms with Gasteiger partial charge in [-0.1, -0.05) is 32.9 Å². The molecule has 0 aromatic carbocycles. The lowest BCUT2D eigenvalue weighted by molar-refractivity contribution is -0.128. The van der Waals surface area contributed by atoms with Crippen LogP contribution in [-0.4, -0.2) is 5.78 Å². The van der Waals surface area contributed by atoms with Crippen molar-refractivity contribution >= 4 is 5.78 Å². The fraction of sp³-hybridized carbons (Fsp3) is 0.727. The van der Waals surface area contributed by atoms with Gasteiger partial charge in [0.2, 0.25) is 0 Å². The third-order valence-electron chi connectivity index (χ3n) is 3.06. The van der Waals surface area contributed by atoms with Gasteiger partial charge in [0, 0.05) is 0 Å². The number of Topliss-reactive ketones (excluding diaryl/α,β-unsaturated/α-hetero) is 1. The van der Waals surface area contributed by atoms with Crippen molar-refractivity contribution in [2.24, 2.45) is 10.8 Å². The van der Waals surface area contributed by atoms with Crippen LogP contribution in [0.1, 0.15) is 41.5 Å². The summed E-state index contributed by atoms with van der Waals surface area (Å²) in [6.45, 7) is 15.6. The molecule has 1 unspecified atom stereocenters. The molecule has 1 heteroatoms. The molecule has 0 amide bonds. The van der Waals surface area contributed by atoms with Crippen LogP contribution < -0.4 is 0 Å². The summed E-state index contributed by atoms with van der Waals surface area (Å²) in [5, 5.41) is 0. The Morgan fingerprint density at radius 2 is 1.42 bits per heavy atom. The maximum Gasteiger partial charge on any atom is 0.140 e. The quantitative estimate of drug-likeness (QED) is 0.579. The van der Waals surface area contributed by atoms with Gasteiger partial charge in [0.05, 0.1) is 5.41 Å². The standard InChI is InChI=1S/C11H20O/c1-8(2)11(7,9(3)12)10(4,5)6/h1H2,2-7H3. The number of hydrogen-bond acceptors (Lipinski definition) is 1. The van der Waals surface area contributed by atoms with Crippen LogP contribution in [0.2, 0.25) is 0 Å². The average molecular weight is 168 g/mol. The minimum Gasteiger partial charge on any atom is -0.299 e. The number of carbonyl (C=O) groups excluding carboxylic acids is 1. The van der Waals surface area contributed by atoms with Gasteiger partial charge >= 0.3 is 0 Å². The first-order chi connectivity index (χ1) is 5.14. The van der Waals surface area contributed by atoms with E-state index in [-0.39, 0.29) is 11.2 Å². The van der Waals surface area contributed by atoms with Crippen LogP contribution in [-0.2, 0) is 4.79 Å². The summed E-state index contributed by atoms with van der Waals surface area (Å²) >= 11 is 0. The largest absolute Gasteiger partial charge is 0.299 e. The van der Waals surface area contributed by atoms with Crippen LogP contribution in [0.25, 0.3) is 0 Å². The van der Waals surface area contributed by atoms with E-state index < -0.39 is 5.41 Å². The summed E-state index contributed by atoms with van der Waals surface area (Å²) in [4.78, 5) is 11.5. The van der Waals surface area contributed by atoms with Crippen LogP contribution in [0.3, 0.4) is 0 Å². The first kappa shape index (κ1) is 11.4. The number of allylic oxidation sites excluding steroid dienone is 1. The van der Waals surface area contributed by atoms with Gasteiger partial charge in [-0.05, 0) is 26.2 Å². The molecule has 0 aliphatic rings. The van der Waals surface area contributed by atoms with Crippen LogP contribution in [0.4, 0.5) is 0 Å². The van der Waals surface area contributed by atoms with Gasteiger partial charge in [-0.2, -0.15) is 0 Å². The molecule has 0 saturated heterocycles. The third kappa shape index (κ3) is 1.60. The molecule has 70 valence electrons. The minimum absolute atomic E-state index is 0.0509. The summed E-state index contributed by atoms with van der Waals surface area (Å²) < 4.78 is 0. The first-order valence-electron chi connectivity index (χ1n) is 4.31. The Morgan fingerprint density at radius 1 is 1.08 bits per heavy atom. The second-order valence-electron chi connectivity index (χ2n) is 4.71. The first-order valence-corrected chi connectivity index (χ1v) is 4.31. The molecule has 1 nitrogen and oxygen atoms in total. The summed E-state index contributed by atoms with van der Waals surface area (Å²) in [6, 6.07) is 0. The summed E-state index contributed by atoms with van der Waals surface area (Å²) in [5.41, 5.74) is 0.500. The molecule has 0 spiro atoms. The van der Waals surface area contributed by atoms with Crippen LogP contribution >= 0.6 is 0 Å². The van der Waals surface area contributed by atoms with Crippen molar-refractivity contribution in [3.8, 4) is 0 Å². The Balaban J connectivity index is 5.17. The lowest BCUT2D eigenvalue weighted by Crippen LogP contribution is -2.39. The number of hydrogen-bond donors (Lipinski definition) is 0. The molecule has 0 aliphatic heterocycles. The van der Waals surface area contributed by atoms with Crippen molar-refractivity contribution in [1.29, 1.82) is 0 Å². The lowest BCUT2D eigenvalue weighted by Gasteiger charge is -2.40. The zero-order valence-corrected chi connectivity index (χ0v) is 9.12. The zero-order chi connectivity index (χ0) is 10.2. The van der Waals surface area contributed by atoms with E-state index in [2.05, 4.69) is 27.4 Å². The van der Waals surface area contributed by atoms with Crippen molar-refractivity contribution in [1.82, 2.24) is 0 Å². The predicted molar refractivity (Wildman–Crippen MR) is 53.1 cm³/mol. The van der Waals surface area contributed by atoms with Gasteiger partial charge in [0.15, 0.2) is 0 Å². The van der Waals surface area contributed by atoms with Gasteiger partial charge in [0.25, 0.3) is 0 Å². The van der Waals surface area contributed by atoms with Gasteiger partial charge < -0.3 is 0 Å². The van der Waals surface area contributed by atoms with Gasteiger partial charge in [-0.15, -0.1) is 0 Å². The molecular weight excluding hydrogens is 148 g/mol. The number of rotatable bonds is 2. The smallest absolute Gasteiger partial charge is 0.140 e. The second-order valence-corrected chi connectivity index (χ2v) is 4.71. The maximum atomic E-state index is 11.5. The molecule has 0 rings (SSSR count). The normalized spacial score (nSPS) is 16.8. The molecule has 0 N–H and O–H groups in total. The summed E-state index contributed by atoms with van der Waals surface area (Å²) in [6.07, 6.45) is 0. The molecule has 0 fully saturated rings. The predicted octanol–water partition coefficient (Wildman–Crippen LogP) is 3.20. The highest BCUT2D eigenvalue weighted by molar-refractivity contribution is 5.85. The average Bonchev–Trinajstić information content (AvgIpc) is 1.82. The van der Waals surface area contributed by atoms with Gasteiger partial charge in [-0.25, -0.2) is 0 Å². The van der Waals surface area contributed by atoms with E-state index in [1.165, 1.54) is 0 Å². The highest BCUT2D eigenvalue weighted by Crippen LogP contribution is 2.44. The fourth-order valence-electron chi connectivity index (χ4n) is 1.47. The van der Waals surface area contributed by atoms with E-state index in [1.807, 2.05) is 13.8 Å². The van der Waals surface area contributed by atoms with Gasteiger partial charge in [-0.3, -0.25) is 4.79 Å². The fourth-order valence-corrected chi connectivity index (χ4v) is 1.47. The molecule has 12 heavy (non-hydrogen) atoms. The third-order valence-corrected chi connectivity index (χ3v) is 3.06. The van der Waals surface area contributed by atoms with E-state index in [0.29, 0.717) is 0 Å². The molecule has 1 atom stereocenters. The van der Waals surface area contributed by atoms with E-state index in [1.54, 1.807) is 6.92 Å². The van der Waals surface area contributed by atoms with Crippen molar-refractivity contribution < 1.29 is 4.79 Å². The van der Waals surface area contributed by atoms with Crippen LogP contribution in [0.15, 0.2) is 12.2 Å². The van der Waals surface area contributed by atoms with Gasteiger partial charge in [0.1, 0.15) is 5.78 Å². The van der Waals surface area contributed by atoms with E-state index in [9.17, 15) is 4.79 Å². The molecule has 0 saturated carbocycles. The monoisotopic (exact) mass is 168 g/mol. The van der Waals surface area contributed by atoms with Crippen molar-refractivity contribution in [2.45, 2.75) is 41.5 Å². The Morgan fingerprint density at radius 3 is 1.42 bits per heavy atom. The SMILES string of the molecule is C=C(C)C(C)(C(C)=O)C(C)(C)C. The van der Waals surface area contributed by atoms with E-state index in [0.717, 1.165) is 5.57 Å². The molecule has 0 radical (unpaired) electrons. The van der Waals surface area contributed by atoms with Crippen LogP contribution in [0.5, 0.6) is 0 Å².